The molecule has 0 saturated heterocycles. The van der Waals surface area contributed by atoms with Crippen LogP contribution in [-0.4, -0.2) is 28.0 Å². The van der Waals surface area contributed by atoms with Crippen LogP contribution in [0.5, 0.6) is 0 Å². The third-order valence-electron chi connectivity index (χ3n) is 4.45. The van der Waals surface area contributed by atoms with Gasteiger partial charge in [0.05, 0.1) is 21.7 Å². The maximum absolute atomic E-state index is 12.5. The molecular weight excluding hydrogens is 418 g/mol. The maximum atomic E-state index is 12.5. The van der Waals surface area contributed by atoms with Crippen LogP contribution in [0.3, 0.4) is 0 Å². The molecule has 0 atom stereocenters. The number of carbonyl (C=O) groups is 2. The fourth-order valence-corrected chi connectivity index (χ4v) is 4.05. The minimum atomic E-state index is -0.536. The van der Waals surface area contributed by atoms with Gasteiger partial charge in [-0.2, -0.15) is 4.99 Å². The molecule has 1 amide bonds. The van der Waals surface area contributed by atoms with Crippen LogP contribution in [0.25, 0.3) is 16.3 Å². The standard InChI is InChI=1S/C22H21N3O5S/c1-3-15-8-10-18-19(13-15)31-22(24(18)14-21(27)30-4-2)23-20(26)11-9-16-6-5-7-17(12-16)25(28)29/h5-13H,3-4,14H2,1-2H3/b11-9+,23-22?. The van der Waals surface area contributed by atoms with E-state index in [2.05, 4.69) is 11.9 Å². The van der Waals surface area contributed by atoms with Crippen molar-refractivity contribution in [3.63, 3.8) is 0 Å². The van der Waals surface area contributed by atoms with Crippen molar-refractivity contribution in [3.8, 4) is 0 Å². The SMILES string of the molecule is CCOC(=O)Cn1c(=NC(=O)/C=C/c2cccc([N+](=O)[O-])c2)sc2cc(CC)ccc21. The van der Waals surface area contributed by atoms with Gasteiger partial charge in [0.1, 0.15) is 6.54 Å². The lowest BCUT2D eigenvalue weighted by molar-refractivity contribution is -0.384. The minimum absolute atomic E-state index is 0.0555. The van der Waals surface area contributed by atoms with Gasteiger partial charge in [-0.25, -0.2) is 0 Å². The molecule has 0 spiro atoms. The molecular formula is C22H21N3O5S. The van der Waals surface area contributed by atoms with E-state index in [1.165, 1.54) is 35.6 Å². The predicted molar refractivity (Wildman–Crippen MR) is 119 cm³/mol. The highest BCUT2D eigenvalue weighted by Gasteiger charge is 2.12. The summed E-state index contributed by atoms with van der Waals surface area (Å²) in [6.45, 7) is 3.99. The van der Waals surface area contributed by atoms with E-state index in [-0.39, 0.29) is 18.8 Å². The summed E-state index contributed by atoms with van der Waals surface area (Å²) in [6.07, 6.45) is 3.58. The Morgan fingerprint density at radius 2 is 2.03 bits per heavy atom. The zero-order valence-electron chi connectivity index (χ0n) is 17.1. The fraction of sp³-hybridized carbons (Fsp3) is 0.227. The molecule has 0 aliphatic heterocycles. The molecule has 0 N–H and O–H groups in total. The fourth-order valence-electron chi connectivity index (χ4n) is 2.95. The zero-order valence-corrected chi connectivity index (χ0v) is 17.9. The first-order chi connectivity index (χ1) is 14.9. The molecule has 9 heteroatoms. The van der Waals surface area contributed by atoms with Crippen molar-refractivity contribution < 1.29 is 19.2 Å². The molecule has 3 aromatic rings. The Morgan fingerprint density at radius 1 is 1.23 bits per heavy atom. The van der Waals surface area contributed by atoms with Crippen LogP contribution in [0, 0.1) is 10.1 Å². The Labute approximate surface area is 182 Å². The summed E-state index contributed by atoms with van der Waals surface area (Å²) in [5, 5.41) is 10.9. The van der Waals surface area contributed by atoms with Crippen LogP contribution >= 0.6 is 11.3 Å². The molecule has 2 aromatic carbocycles. The summed E-state index contributed by atoms with van der Waals surface area (Å²) >= 11 is 1.31. The average Bonchev–Trinajstić information content (AvgIpc) is 3.08. The number of rotatable bonds is 7. The van der Waals surface area contributed by atoms with Crippen LogP contribution in [0.1, 0.15) is 25.0 Å². The first-order valence-corrected chi connectivity index (χ1v) is 10.5. The summed E-state index contributed by atoms with van der Waals surface area (Å²) in [5.74, 6) is -0.950. The average molecular weight is 439 g/mol. The number of aryl methyl sites for hydroxylation is 1. The Kier molecular flexibility index (Phi) is 7.09. The number of benzene rings is 2. The number of nitrogens with zero attached hydrogens (tertiary/aromatic N) is 3. The quantitative estimate of drug-likeness (QED) is 0.241. The Morgan fingerprint density at radius 3 is 2.74 bits per heavy atom. The van der Waals surface area contributed by atoms with Crippen LogP contribution in [0.2, 0.25) is 0 Å². The third-order valence-corrected chi connectivity index (χ3v) is 5.49. The monoisotopic (exact) mass is 439 g/mol. The number of carbonyl (C=O) groups excluding carboxylic acids is 2. The van der Waals surface area contributed by atoms with Crippen molar-refractivity contribution in [2.45, 2.75) is 26.8 Å². The van der Waals surface area contributed by atoms with Crippen LogP contribution in [0.15, 0.2) is 53.5 Å². The van der Waals surface area contributed by atoms with Crippen molar-refractivity contribution in [2.24, 2.45) is 4.99 Å². The van der Waals surface area contributed by atoms with Gasteiger partial charge in [0.15, 0.2) is 4.80 Å². The predicted octanol–water partition coefficient (Wildman–Crippen LogP) is 3.88. The van der Waals surface area contributed by atoms with Crippen LogP contribution in [-0.2, 0) is 27.3 Å². The van der Waals surface area contributed by atoms with Gasteiger partial charge < -0.3 is 9.30 Å². The third kappa shape index (κ3) is 5.52. The molecule has 0 bridgehead atoms. The number of esters is 1. The molecule has 0 saturated carbocycles. The van der Waals surface area contributed by atoms with Gasteiger partial charge in [0.25, 0.3) is 11.6 Å². The van der Waals surface area contributed by atoms with E-state index in [0.717, 1.165) is 22.2 Å². The lowest BCUT2D eigenvalue weighted by atomic mass is 10.2. The summed E-state index contributed by atoms with van der Waals surface area (Å²) in [6, 6.07) is 11.9. The van der Waals surface area contributed by atoms with E-state index in [1.54, 1.807) is 23.6 Å². The van der Waals surface area contributed by atoms with E-state index < -0.39 is 16.8 Å². The molecule has 3 rings (SSSR count). The number of aromatic nitrogens is 1. The number of hydrogen-bond acceptors (Lipinski definition) is 6. The van der Waals surface area contributed by atoms with Crippen LogP contribution < -0.4 is 4.80 Å². The number of ether oxygens (including phenoxy) is 1. The summed E-state index contributed by atoms with van der Waals surface area (Å²) in [4.78, 5) is 39.5. The van der Waals surface area contributed by atoms with Gasteiger partial charge in [-0.15, -0.1) is 0 Å². The second kappa shape index (κ2) is 9.94. The molecule has 0 fully saturated rings. The highest BCUT2D eigenvalue weighted by atomic mass is 32.1. The number of nitro groups is 1. The van der Waals surface area contributed by atoms with Gasteiger partial charge in [-0.3, -0.25) is 19.7 Å². The number of thiazole rings is 1. The number of hydrogen-bond donors (Lipinski definition) is 0. The zero-order chi connectivity index (χ0) is 22.4. The molecule has 0 unspecified atom stereocenters. The van der Waals surface area contributed by atoms with Crippen LogP contribution in [0.4, 0.5) is 5.69 Å². The summed E-state index contributed by atoms with van der Waals surface area (Å²) in [7, 11) is 0. The Balaban J connectivity index is 1.97. The van der Waals surface area contributed by atoms with E-state index in [0.29, 0.717) is 10.4 Å². The Hall–Kier alpha value is -3.59. The molecule has 0 radical (unpaired) electrons. The van der Waals surface area contributed by atoms with Crippen molar-refractivity contribution in [2.75, 3.05) is 6.61 Å². The highest BCUT2D eigenvalue weighted by molar-refractivity contribution is 7.16. The van der Waals surface area contributed by atoms with Gasteiger partial charge in [-0.1, -0.05) is 36.5 Å². The molecule has 8 nitrogen and oxygen atoms in total. The number of nitro benzene ring substituents is 1. The lowest BCUT2D eigenvalue weighted by Gasteiger charge is -2.05. The summed E-state index contributed by atoms with van der Waals surface area (Å²) in [5.41, 5.74) is 2.39. The number of non-ortho nitro benzene ring substituents is 1. The molecule has 1 aromatic heterocycles. The first-order valence-electron chi connectivity index (χ1n) is 9.70. The van der Waals surface area contributed by atoms with E-state index in [4.69, 9.17) is 4.74 Å². The van der Waals surface area contributed by atoms with Crippen molar-refractivity contribution >= 4 is 45.2 Å². The van der Waals surface area contributed by atoms with E-state index >= 15 is 0 Å². The van der Waals surface area contributed by atoms with Crippen molar-refractivity contribution in [1.82, 2.24) is 4.57 Å². The molecule has 0 aliphatic carbocycles. The number of fused-ring (bicyclic) bond motifs is 1. The normalized spacial score (nSPS) is 11.9. The largest absolute Gasteiger partial charge is 0.465 e. The van der Waals surface area contributed by atoms with Gasteiger partial charge >= 0.3 is 5.97 Å². The molecule has 160 valence electrons. The molecule has 31 heavy (non-hydrogen) atoms. The second-order valence-electron chi connectivity index (χ2n) is 6.57. The molecule has 0 aliphatic rings. The van der Waals surface area contributed by atoms with Gasteiger partial charge in [-0.05, 0) is 42.7 Å². The van der Waals surface area contributed by atoms with Crippen molar-refractivity contribution in [1.29, 1.82) is 0 Å². The first kappa shape index (κ1) is 22.1. The molecule has 1 heterocycles. The number of amides is 1. The van der Waals surface area contributed by atoms with Gasteiger partial charge in [0, 0.05) is 18.2 Å². The second-order valence-corrected chi connectivity index (χ2v) is 7.58. The van der Waals surface area contributed by atoms with E-state index in [1.807, 2.05) is 18.2 Å². The topological polar surface area (TPSA) is 104 Å². The van der Waals surface area contributed by atoms with Crippen molar-refractivity contribution in [3.05, 3.63) is 74.6 Å². The minimum Gasteiger partial charge on any atom is -0.465 e. The van der Waals surface area contributed by atoms with E-state index in [9.17, 15) is 19.7 Å². The Bertz CT molecular complexity index is 1240. The summed E-state index contributed by atoms with van der Waals surface area (Å²) < 4.78 is 7.63. The lowest BCUT2D eigenvalue weighted by Crippen LogP contribution is -2.22. The smallest absolute Gasteiger partial charge is 0.326 e. The van der Waals surface area contributed by atoms with Gasteiger partial charge in [0.2, 0.25) is 0 Å². The highest BCUT2D eigenvalue weighted by Crippen LogP contribution is 2.20. The maximum Gasteiger partial charge on any atom is 0.326 e.